The Balaban J connectivity index is 1.93. The van der Waals surface area contributed by atoms with Crippen molar-refractivity contribution in [3.8, 4) is 0 Å². The minimum absolute atomic E-state index is 0.00929. The van der Waals surface area contributed by atoms with Crippen molar-refractivity contribution in [2.24, 2.45) is 0 Å². The molecular weight excluding hydrogens is 250 g/mol. The normalized spacial score (nSPS) is 22.2. The molecular formula is C13H16ClN3O. The highest BCUT2D eigenvalue weighted by molar-refractivity contribution is 6.31. The lowest BCUT2D eigenvalue weighted by Gasteiger charge is -2.45. The number of amides is 1. The van der Waals surface area contributed by atoms with Crippen LogP contribution in [-0.4, -0.2) is 36.6 Å². The van der Waals surface area contributed by atoms with Gasteiger partial charge in [0, 0.05) is 31.0 Å². The second kappa shape index (κ2) is 4.14. The average Bonchev–Trinajstić information content (AvgIpc) is 2.33. The third kappa shape index (κ3) is 1.95. The number of piperidine rings is 1. The van der Waals surface area contributed by atoms with E-state index in [0.717, 1.165) is 31.6 Å². The van der Waals surface area contributed by atoms with Crippen molar-refractivity contribution in [2.45, 2.75) is 18.5 Å². The highest BCUT2D eigenvalue weighted by Gasteiger charge is 2.39. The Labute approximate surface area is 111 Å². The van der Waals surface area contributed by atoms with Gasteiger partial charge in [0.15, 0.2) is 0 Å². The van der Waals surface area contributed by atoms with Crippen molar-refractivity contribution in [2.75, 3.05) is 25.5 Å². The van der Waals surface area contributed by atoms with Crippen LogP contribution in [0.1, 0.15) is 23.2 Å². The second-order valence-corrected chi connectivity index (χ2v) is 5.59. The van der Waals surface area contributed by atoms with E-state index >= 15 is 0 Å². The number of nitrogens with zero attached hydrogens (tertiary/aromatic N) is 1. The van der Waals surface area contributed by atoms with Crippen LogP contribution in [0.5, 0.6) is 0 Å². The number of anilines is 1. The summed E-state index contributed by atoms with van der Waals surface area (Å²) in [6, 6.07) is 5.34. The van der Waals surface area contributed by atoms with Crippen molar-refractivity contribution < 1.29 is 4.79 Å². The maximum absolute atomic E-state index is 12.1. The molecule has 0 aliphatic carbocycles. The van der Waals surface area contributed by atoms with Crippen molar-refractivity contribution >= 4 is 23.2 Å². The van der Waals surface area contributed by atoms with Gasteiger partial charge < -0.3 is 15.5 Å². The summed E-state index contributed by atoms with van der Waals surface area (Å²) in [5.41, 5.74) is 1.21. The van der Waals surface area contributed by atoms with Crippen molar-refractivity contribution in [3.63, 3.8) is 0 Å². The van der Waals surface area contributed by atoms with E-state index in [-0.39, 0.29) is 11.6 Å². The third-order valence-electron chi connectivity index (χ3n) is 3.79. The number of likely N-dealkylation sites (tertiary alicyclic amines) is 1. The molecule has 1 amide bonds. The van der Waals surface area contributed by atoms with Crippen LogP contribution in [0.4, 0.5) is 5.69 Å². The minimum atomic E-state index is -0.304. The highest BCUT2D eigenvalue weighted by Crippen LogP contribution is 2.32. The average molecular weight is 266 g/mol. The molecule has 2 aliphatic rings. The first-order valence-electron chi connectivity index (χ1n) is 6.17. The number of hydrogen-bond donors (Lipinski definition) is 2. The first kappa shape index (κ1) is 11.8. The van der Waals surface area contributed by atoms with Gasteiger partial charge in [0.1, 0.15) is 5.66 Å². The summed E-state index contributed by atoms with van der Waals surface area (Å²) in [6.45, 7) is 1.95. The number of hydrogen-bond acceptors (Lipinski definition) is 3. The van der Waals surface area contributed by atoms with Gasteiger partial charge in [-0.15, -0.1) is 0 Å². The zero-order valence-electron chi connectivity index (χ0n) is 10.3. The zero-order valence-corrected chi connectivity index (χ0v) is 11.0. The molecule has 5 heteroatoms. The lowest BCUT2D eigenvalue weighted by molar-refractivity contribution is 0.0846. The van der Waals surface area contributed by atoms with Gasteiger partial charge in [-0.1, -0.05) is 11.6 Å². The van der Waals surface area contributed by atoms with E-state index in [2.05, 4.69) is 22.6 Å². The molecule has 3 rings (SSSR count). The molecule has 0 radical (unpaired) electrons. The summed E-state index contributed by atoms with van der Waals surface area (Å²) in [4.78, 5) is 14.4. The molecule has 1 spiro atoms. The molecule has 18 heavy (non-hydrogen) atoms. The van der Waals surface area contributed by atoms with Crippen LogP contribution < -0.4 is 10.6 Å². The number of fused-ring (bicyclic) bond motifs is 1. The number of nitrogens with one attached hydrogen (secondary N) is 2. The monoisotopic (exact) mass is 265 g/mol. The Hall–Kier alpha value is -1.26. The van der Waals surface area contributed by atoms with Crippen molar-refractivity contribution in [1.82, 2.24) is 10.2 Å². The molecule has 96 valence electrons. The van der Waals surface area contributed by atoms with E-state index in [1.54, 1.807) is 12.1 Å². The smallest absolute Gasteiger partial charge is 0.255 e. The summed E-state index contributed by atoms with van der Waals surface area (Å²) in [7, 11) is 2.10. The van der Waals surface area contributed by atoms with E-state index in [0.29, 0.717) is 10.6 Å². The lowest BCUT2D eigenvalue weighted by Crippen LogP contribution is -2.61. The Morgan fingerprint density at radius 3 is 2.72 bits per heavy atom. The van der Waals surface area contributed by atoms with Gasteiger partial charge >= 0.3 is 0 Å². The molecule has 1 saturated heterocycles. The fraction of sp³-hybridized carbons (Fsp3) is 0.462. The second-order valence-electron chi connectivity index (χ2n) is 5.15. The van der Waals surface area contributed by atoms with Gasteiger partial charge in [0.05, 0.1) is 11.3 Å². The summed E-state index contributed by atoms with van der Waals surface area (Å²) >= 11 is 5.99. The van der Waals surface area contributed by atoms with Gasteiger partial charge in [-0.25, -0.2) is 0 Å². The summed E-state index contributed by atoms with van der Waals surface area (Å²) in [5, 5.41) is 7.22. The molecule has 0 aromatic heterocycles. The van der Waals surface area contributed by atoms with Crippen molar-refractivity contribution in [1.29, 1.82) is 0 Å². The molecule has 1 fully saturated rings. The Morgan fingerprint density at radius 1 is 1.28 bits per heavy atom. The molecule has 1 aromatic rings. The predicted octanol–water partition coefficient (Wildman–Crippen LogP) is 1.92. The fourth-order valence-electron chi connectivity index (χ4n) is 2.64. The van der Waals surface area contributed by atoms with Gasteiger partial charge in [0.25, 0.3) is 5.91 Å². The topological polar surface area (TPSA) is 44.4 Å². The predicted molar refractivity (Wildman–Crippen MR) is 72.0 cm³/mol. The quantitative estimate of drug-likeness (QED) is 0.753. The molecule has 2 heterocycles. The van der Waals surface area contributed by atoms with Crippen LogP contribution in [0.15, 0.2) is 18.2 Å². The van der Waals surface area contributed by atoms with Crippen LogP contribution in [0.2, 0.25) is 5.02 Å². The Kier molecular flexibility index (Phi) is 2.72. The van der Waals surface area contributed by atoms with Gasteiger partial charge in [0.2, 0.25) is 0 Å². The zero-order chi connectivity index (χ0) is 12.8. The number of carbonyl (C=O) groups is 1. The molecule has 2 aliphatic heterocycles. The first-order valence-corrected chi connectivity index (χ1v) is 6.55. The van der Waals surface area contributed by atoms with Crippen molar-refractivity contribution in [3.05, 3.63) is 28.8 Å². The summed E-state index contributed by atoms with van der Waals surface area (Å²) in [6.07, 6.45) is 1.81. The Bertz CT molecular complexity index is 495. The molecule has 0 atom stereocenters. The van der Waals surface area contributed by atoms with Gasteiger partial charge in [-0.2, -0.15) is 0 Å². The minimum Gasteiger partial charge on any atom is -0.362 e. The standard InChI is InChI=1S/C13H16ClN3O/c1-17-6-4-13(5-7-17)15-11-8-9(14)2-3-10(11)12(18)16-13/h2-3,8,15H,4-7H2,1H3,(H,16,18). The Morgan fingerprint density at radius 2 is 2.00 bits per heavy atom. The van der Waals surface area contributed by atoms with Gasteiger partial charge in [-0.3, -0.25) is 4.79 Å². The number of carbonyl (C=O) groups excluding carboxylic acids is 1. The number of rotatable bonds is 0. The molecule has 0 unspecified atom stereocenters. The summed E-state index contributed by atoms with van der Waals surface area (Å²) < 4.78 is 0. The van der Waals surface area contributed by atoms with E-state index in [4.69, 9.17) is 11.6 Å². The molecule has 0 bridgehead atoms. The van der Waals surface area contributed by atoms with Crippen LogP contribution in [0.3, 0.4) is 0 Å². The van der Waals surface area contributed by atoms with Crippen LogP contribution in [0, 0.1) is 0 Å². The third-order valence-corrected chi connectivity index (χ3v) is 4.03. The summed E-state index contributed by atoms with van der Waals surface area (Å²) in [5.74, 6) is -0.00929. The largest absolute Gasteiger partial charge is 0.362 e. The van der Waals surface area contributed by atoms with Crippen LogP contribution >= 0.6 is 11.6 Å². The molecule has 1 aromatic carbocycles. The highest BCUT2D eigenvalue weighted by atomic mass is 35.5. The van der Waals surface area contributed by atoms with Crippen LogP contribution in [-0.2, 0) is 0 Å². The van der Waals surface area contributed by atoms with Crippen LogP contribution in [0.25, 0.3) is 0 Å². The van der Waals surface area contributed by atoms with E-state index in [1.165, 1.54) is 0 Å². The lowest BCUT2D eigenvalue weighted by atomic mass is 9.92. The fourth-order valence-corrected chi connectivity index (χ4v) is 2.81. The molecule has 2 N–H and O–H groups in total. The maximum Gasteiger partial charge on any atom is 0.255 e. The molecule has 0 saturated carbocycles. The van der Waals surface area contributed by atoms with E-state index < -0.39 is 0 Å². The first-order chi connectivity index (χ1) is 8.58. The number of halogens is 1. The molecule has 4 nitrogen and oxygen atoms in total. The van der Waals surface area contributed by atoms with E-state index in [1.807, 2.05) is 6.07 Å². The van der Waals surface area contributed by atoms with E-state index in [9.17, 15) is 4.79 Å². The van der Waals surface area contributed by atoms with Gasteiger partial charge in [-0.05, 0) is 25.2 Å². The number of benzene rings is 1. The maximum atomic E-state index is 12.1. The SMILES string of the molecule is CN1CCC2(CC1)NC(=O)c1ccc(Cl)cc1N2.